The standard InChI is InChI=1S/C11H10ClF3N2O2/c12-4-8(18)6-17-10-3-9(19-11(13,14)15)2-1-7(10)5-16/h1-3,8,17-18H,4,6H2. The predicted molar refractivity (Wildman–Crippen MR) is 63.1 cm³/mol. The van der Waals surface area contributed by atoms with Crippen LogP contribution in [-0.2, 0) is 0 Å². The SMILES string of the molecule is N#Cc1ccc(OC(F)(F)F)cc1NCC(O)CCl. The highest BCUT2D eigenvalue weighted by molar-refractivity contribution is 6.18. The molecule has 2 N–H and O–H groups in total. The molecule has 4 nitrogen and oxygen atoms in total. The fourth-order valence-corrected chi connectivity index (χ4v) is 1.36. The first-order valence-corrected chi connectivity index (χ1v) is 5.67. The Morgan fingerprint density at radius 1 is 1.47 bits per heavy atom. The second kappa shape index (κ2) is 6.50. The van der Waals surface area contributed by atoms with E-state index in [1.165, 1.54) is 6.07 Å². The lowest BCUT2D eigenvalue weighted by atomic mass is 10.2. The summed E-state index contributed by atoms with van der Waals surface area (Å²) in [5.74, 6) is -0.484. The van der Waals surface area contributed by atoms with Gasteiger partial charge in [0.2, 0.25) is 0 Å². The third-order valence-corrected chi connectivity index (χ3v) is 2.41. The van der Waals surface area contributed by atoms with E-state index >= 15 is 0 Å². The van der Waals surface area contributed by atoms with Crippen molar-refractivity contribution in [2.45, 2.75) is 12.5 Å². The number of benzene rings is 1. The Labute approximate surface area is 112 Å². The van der Waals surface area contributed by atoms with Crippen molar-refractivity contribution in [2.75, 3.05) is 17.7 Å². The van der Waals surface area contributed by atoms with Gasteiger partial charge in [-0.2, -0.15) is 5.26 Å². The fraction of sp³-hybridized carbons (Fsp3) is 0.364. The molecule has 0 aliphatic carbocycles. The summed E-state index contributed by atoms with van der Waals surface area (Å²) in [6, 6.07) is 5.08. The molecule has 0 saturated heterocycles. The molecule has 1 aromatic carbocycles. The van der Waals surface area contributed by atoms with Crippen LogP contribution in [0.25, 0.3) is 0 Å². The van der Waals surface area contributed by atoms with Gasteiger partial charge in [-0.05, 0) is 12.1 Å². The maximum absolute atomic E-state index is 12.1. The molecule has 0 aromatic heterocycles. The number of hydrogen-bond acceptors (Lipinski definition) is 4. The lowest BCUT2D eigenvalue weighted by molar-refractivity contribution is -0.274. The Balaban J connectivity index is 2.88. The van der Waals surface area contributed by atoms with Crippen LogP contribution in [0.3, 0.4) is 0 Å². The topological polar surface area (TPSA) is 65.3 Å². The number of aliphatic hydroxyl groups is 1. The van der Waals surface area contributed by atoms with Gasteiger partial charge in [0.25, 0.3) is 0 Å². The predicted octanol–water partition coefficient (Wildman–Crippen LogP) is 2.47. The van der Waals surface area contributed by atoms with Crippen LogP contribution in [0.4, 0.5) is 18.9 Å². The molecular formula is C11H10ClF3N2O2. The van der Waals surface area contributed by atoms with Crippen LogP contribution in [0.15, 0.2) is 18.2 Å². The average molecular weight is 295 g/mol. The van der Waals surface area contributed by atoms with E-state index in [2.05, 4.69) is 10.1 Å². The van der Waals surface area contributed by atoms with Gasteiger partial charge in [0.15, 0.2) is 0 Å². The minimum atomic E-state index is -4.80. The van der Waals surface area contributed by atoms with Crippen molar-refractivity contribution in [1.29, 1.82) is 5.26 Å². The quantitative estimate of drug-likeness (QED) is 0.819. The maximum atomic E-state index is 12.1. The number of alkyl halides is 4. The summed E-state index contributed by atoms with van der Waals surface area (Å²) in [6.07, 6.45) is -5.68. The smallest absolute Gasteiger partial charge is 0.406 e. The zero-order valence-electron chi connectivity index (χ0n) is 9.54. The maximum Gasteiger partial charge on any atom is 0.573 e. The van der Waals surface area contributed by atoms with Gasteiger partial charge < -0.3 is 15.2 Å². The highest BCUT2D eigenvalue weighted by atomic mass is 35.5. The number of hydrogen-bond donors (Lipinski definition) is 2. The Morgan fingerprint density at radius 2 is 2.16 bits per heavy atom. The number of nitriles is 1. The van der Waals surface area contributed by atoms with E-state index in [0.717, 1.165) is 12.1 Å². The lowest BCUT2D eigenvalue weighted by Crippen LogP contribution is -2.21. The Hall–Kier alpha value is -1.65. The minimum absolute atomic E-state index is 0.00759. The molecule has 0 amide bonds. The highest BCUT2D eigenvalue weighted by Crippen LogP contribution is 2.27. The zero-order chi connectivity index (χ0) is 14.5. The van der Waals surface area contributed by atoms with Crippen molar-refractivity contribution in [3.8, 4) is 11.8 Å². The van der Waals surface area contributed by atoms with Gasteiger partial charge in [-0.3, -0.25) is 0 Å². The van der Waals surface area contributed by atoms with Crippen LogP contribution in [0, 0.1) is 11.3 Å². The molecule has 104 valence electrons. The number of ether oxygens (including phenoxy) is 1. The third-order valence-electron chi connectivity index (χ3n) is 2.05. The van der Waals surface area contributed by atoms with Crippen molar-refractivity contribution >= 4 is 17.3 Å². The van der Waals surface area contributed by atoms with Crippen molar-refractivity contribution in [3.05, 3.63) is 23.8 Å². The van der Waals surface area contributed by atoms with Crippen LogP contribution in [0.1, 0.15) is 5.56 Å². The largest absolute Gasteiger partial charge is 0.573 e. The van der Waals surface area contributed by atoms with E-state index in [0.29, 0.717) is 0 Å². The van der Waals surface area contributed by atoms with Gasteiger partial charge in [-0.15, -0.1) is 24.8 Å². The number of aliphatic hydroxyl groups excluding tert-OH is 1. The summed E-state index contributed by atoms with van der Waals surface area (Å²) in [6.45, 7) is 0.00759. The fourth-order valence-electron chi connectivity index (χ4n) is 1.25. The summed E-state index contributed by atoms with van der Waals surface area (Å²) in [4.78, 5) is 0. The highest BCUT2D eigenvalue weighted by Gasteiger charge is 2.31. The van der Waals surface area contributed by atoms with Gasteiger partial charge in [0, 0.05) is 12.6 Å². The van der Waals surface area contributed by atoms with Gasteiger partial charge in [-0.1, -0.05) is 0 Å². The van der Waals surface area contributed by atoms with Gasteiger partial charge in [0.1, 0.15) is 11.8 Å². The zero-order valence-corrected chi connectivity index (χ0v) is 10.3. The molecule has 0 aliphatic rings. The van der Waals surface area contributed by atoms with Crippen molar-refractivity contribution in [2.24, 2.45) is 0 Å². The van der Waals surface area contributed by atoms with E-state index in [1.54, 1.807) is 0 Å². The molecule has 0 radical (unpaired) electrons. The number of halogens is 4. The first-order chi connectivity index (χ1) is 8.85. The molecule has 0 saturated carbocycles. The molecule has 1 aromatic rings. The monoisotopic (exact) mass is 294 g/mol. The van der Waals surface area contributed by atoms with Crippen LogP contribution >= 0.6 is 11.6 Å². The van der Waals surface area contributed by atoms with Gasteiger partial charge in [-0.25, -0.2) is 0 Å². The van der Waals surface area contributed by atoms with Crippen LogP contribution in [-0.4, -0.2) is 30.0 Å². The van der Waals surface area contributed by atoms with E-state index in [4.69, 9.17) is 16.9 Å². The second-order valence-electron chi connectivity index (χ2n) is 3.56. The van der Waals surface area contributed by atoms with E-state index in [1.807, 2.05) is 6.07 Å². The number of rotatable bonds is 5. The normalized spacial score (nSPS) is 12.6. The minimum Gasteiger partial charge on any atom is -0.406 e. The molecule has 0 heterocycles. The van der Waals surface area contributed by atoms with E-state index in [9.17, 15) is 18.3 Å². The molecule has 19 heavy (non-hydrogen) atoms. The first kappa shape index (κ1) is 15.4. The molecule has 0 bridgehead atoms. The third kappa shape index (κ3) is 5.24. The lowest BCUT2D eigenvalue weighted by Gasteiger charge is -2.14. The molecular weight excluding hydrogens is 285 g/mol. The summed E-state index contributed by atoms with van der Waals surface area (Å²) >= 11 is 5.38. The van der Waals surface area contributed by atoms with Crippen LogP contribution < -0.4 is 10.1 Å². The van der Waals surface area contributed by atoms with Crippen molar-refractivity contribution < 1.29 is 23.0 Å². The van der Waals surface area contributed by atoms with Gasteiger partial charge in [0.05, 0.1) is 23.2 Å². The molecule has 0 aliphatic heterocycles. The summed E-state index contributed by atoms with van der Waals surface area (Å²) in [5, 5.41) is 20.7. The Bertz CT molecular complexity index is 474. The summed E-state index contributed by atoms with van der Waals surface area (Å²) in [5.41, 5.74) is 0.268. The summed E-state index contributed by atoms with van der Waals surface area (Å²) < 4.78 is 39.9. The Kier molecular flexibility index (Phi) is 5.27. The van der Waals surface area contributed by atoms with Crippen molar-refractivity contribution in [1.82, 2.24) is 0 Å². The molecule has 1 rings (SSSR count). The van der Waals surface area contributed by atoms with Crippen LogP contribution in [0.2, 0.25) is 0 Å². The molecule has 0 spiro atoms. The van der Waals surface area contributed by atoms with Crippen LogP contribution in [0.5, 0.6) is 5.75 Å². The van der Waals surface area contributed by atoms with Gasteiger partial charge >= 0.3 is 6.36 Å². The number of anilines is 1. The summed E-state index contributed by atoms with van der Waals surface area (Å²) in [7, 11) is 0. The molecule has 1 atom stereocenters. The van der Waals surface area contributed by atoms with E-state index in [-0.39, 0.29) is 23.7 Å². The second-order valence-corrected chi connectivity index (χ2v) is 3.86. The number of nitrogens with zero attached hydrogens (tertiary/aromatic N) is 1. The van der Waals surface area contributed by atoms with Crippen molar-refractivity contribution in [3.63, 3.8) is 0 Å². The molecule has 0 fully saturated rings. The first-order valence-electron chi connectivity index (χ1n) is 5.13. The van der Waals surface area contributed by atoms with E-state index < -0.39 is 18.2 Å². The average Bonchev–Trinajstić information content (AvgIpc) is 2.34. The molecule has 8 heteroatoms. The Morgan fingerprint density at radius 3 is 2.68 bits per heavy atom. The molecule has 1 unspecified atom stereocenters. The number of nitrogens with one attached hydrogen (secondary N) is 1.